The van der Waals surface area contributed by atoms with Gasteiger partial charge in [0.25, 0.3) is 0 Å². The van der Waals surface area contributed by atoms with E-state index >= 15 is 0 Å². The molecule has 0 aromatic heterocycles. The fourth-order valence-corrected chi connectivity index (χ4v) is 4.58. The zero-order chi connectivity index (χ0) is 8.72. The highest BCUT2D eigenvalue weighted by Gasteiger charge is 2.38. The summed E-state index contributed by atoms with van der Waals surface area (Å²) in [6.07, 6.45) is 4.55. The van der Waals surface area contributed by atoms with Crippen molar-refractivity contribution in [2.24, 2.45) is 5.92 Å². The van der Waals surface area contributed by atoms with E-state index in [9.17, 15) is 0 Å². The second-order valence-electron chi connectivity index (χ2n) is 4.43. The lowest BCUT2D eigenvalue weighted by Crippen LogP contribution is -2.21. The predicted molar refractivity (Wildman–Crippen MR) is 54.0 cm³/mol. The Labute approximate surface area is 76.4 Å². The molecular weight excluding hydrogens is 164 g/mol. The molecule has 0 aromatic rings. The minimum absolute atomic E-state index is 0.482. The lowest BCUT2D eigenvalue weighted by Gasteiger charge is -2.22. The summed E-state index contributed by atoms with van der Waals surface area (Å²) in [5.74, 6) is 0.856. The van der Waals surface area contributed by atoms with E-state index in [0.717, 1.165) is 5.92 Å². The molecule has 0 saturated heterocycles. The van der Waals surface area contributed by atoms with Crippen molar-refractivity contribution in [1.82, 2.24) is 0 Å². The molecule has 1 fully saturated rings. The van der Waals surface area contributed by atoms with Crippen LogP contribution < -0.4 is 0 Å². The van der Waals surface area contributed by atoms with Crippen molar-refractivity contribution in [3.8, 4) is 0 Å². The first-order valence-electron chi connectivity index (χ1n) is 4.96. The second kappa shape index (κ2) is 3.00. The monoisotopic (exact) mass is 182 g/mol. The fraction of sp³-hybridized carbons (Fsp3) is 0.800. The molecule has 0 aliphatic heterocycles. The van der Waals surface area contributed by atoms with E-state index in [2.05, 4.69) is 13.1 Å². The lowest BCUT2D eigenvalue weighted by molar-refractivity contribution is 0.0710. The largest absolute Gasteiger partial charge is 0.381 e. The van der Waals surface area contributed by atoms with E-state index in [-0.39, 0.29) is 0 Å². The zero-order valence-corrected chi connectivity index (χ0v) is 9.42. The normalized spacial score (nSPS) is 34.0. The number of methoxy groups -OCH3 is 1. The SMILES string of the molecule is COC1CC2=C([SiH](C)C)CC1C2. The van der Waals surface area contributed by atoms with Crippen molar-refractivity contribution in [1.29, 1.82) is 0 Å². The van der Waals surface area contributed by atoms with Crippen molar-refractivity contribution >= 4 is 8.80 Å². The van der Waals surface area contributed by atoms with Crippen LogP contribution in [-0.2, 0) is 4.74 Å². The van der Waals surface area contributed by atoms with Gasteiger partial charge < -0.3 is 4.74 Å². The van der Waals surface area contributed by atoms with Crippen LogP contribution in [0.3, 0.4) is 0 Å². The summed E-state index contributed by atoms with van der Waals surface area (Å²) >= 11 is 0. The molecule has 2 unspecified atom stereocenters. The van der Waals surface area contributed by atoms with Crippen molar-refractivity contribution in [2.75, 3.05) is 7.11 Å². The van der Waals surface area contributed by atoms with Gasteiger partial charge in [-0.3, -0.25) is 0 Å². The number of rotatable bonds is 2. The molecule has 1 saturated carbocycles. The van der Waals surface area contributed by atoms with Crippen LogP contribution in [0.2, 0.25) is 13.1 Å². The molecule has 2 bridgehead atoms. The second-order valence-corrected chi connectivity index (χ2v) is 7.44. The van der Waals surface area contributed by atoms with Gasteiger partial charge in [-0.05, 0) is 25.2 Å². The molecule has 0 spiro atoms. The molecule has 0 amide bonds. The summed E-state index contributed by atoms with van der Waals surface area (Å²) in [5.41, 5.74) is 1.77. The van der Waals surface area contributed by atoms with E-state index in [1.165, 1.54) is 19.3 Å². The third-order valence-electron chi connectivity index (χ3n) is 3.42. The Hall–Kier alpha value is -0.0831. The third-order valence-corrected chi connectivity index (χ3v) is 5.46. The van der Waals surface area contributed by atoms with Crippen molar-refractivity contribution < 1.29 is 4.74 Å². The Morgan fingerprint density at radius 3 is 2.42 bits per heavy atom. The summed E-state index contributed by atoms with van der Waals surface area (Å²) in [6.45, 7) is 4.90. The molecule has 0 radical (unpaired) electrons. The van der Waals surface area contributed by atoms with Gasteiger partial charge in [0.15, 0.2) is 0 Å². The van der Waals surface area contributed by atoms with Gasteiger partial charge in [0.2, 0.25) is 0 Å². The lowest BCUT2D eigenvalue weighted by atomic mass is 10.0. The summed E-state index contributed by atoms with van der Waals surface area (Å²) in [4.78, 5) is 0. The van der Waals surface area contributed by atoms with Crippen LogP contribution in [0.5, 0.6) is 0 Å². The minimum Gasteiger partial charge on any atom is -0.381 e. The number of ether oxygens (including phenoxy) is 1. The summed E-state index contributed by atoms with van der Waals surface area (Å²) in [7, 11) is 1.38. The molecule has 2 aliphatic rings. The predicted octanol–water partition coefficient (Wildman–Crippen LogP) is 2.14. The van der Waals surface area contributed by atoms with Crippen LogP contribution >= 0.6 is 0 Å². The summed E-state index contributed by atoms with van der Waals surface area (Å²) in [5, 5.41) is 1.87. The Bertz CT molecular complexity index is 220. The average Bonchev–Trinajstić information content (AvgIpc) is 2.60. The average molecular weight is 182 g/mol. The van der Waals surface area contributed by atoms with Crippen LogP contribution in [0.1, 0.15) is 19.3 Å². The minimum atomic E-state index is -0.482. The highest BCUT2D eigenvalue weighted by Crippen LogP contribution is 2.46. The summed E-state index contributed by atoms with van der Waals surface area (Å²) in [6, 6.07) is 0. The van der Waals surface area contributed by atoms with Crippen LogP contribution in [0.15, 0.2) is 10.8 Å². The standard InChI is InChI=1S/C10H18OSi/c1-11-9-5-8-4-7(9)6-10(8)12(2)3/h7,9,12H,4-6H2,1-3H3. The Kier molecular flexibility index (Phi) is 2.13. The maximum Gasteiger partial charge on any atom is 0.0642 e. The van der Waals surface area contributed by atoms with E-state index in [0.29, 0.717) is 6.10 Å². The number of allylic oxidation sites excluding steroid dienone is 1. The maximum atomic E-state index is 5.45. The zero-order valence-electron chi connectivity index (χ0n) is 8.26. The Morgan fingerprint density at radius 2 is 2.00 bits per heavy atom. The van der Waals surface area contributed by atoms with Crippen molar-refractivity contribution in [2.45, 2.75) is 38.5 Å². The molecule has 0 aromatic carbocycles. The van der Waals surface area contributed by atoms with Crippen molar-refractivity contribution in [3.63, 3.8) is 0 Å². The van der Waals surface area contributed by atoms with Crippen LogP contribution in [0.25, 0.3) is 0 Å². The first-order valence-corrected chi connectivity index (χ1v) is 7.84. The molecule has 1 nitrogen and oxygen atoms in total. The molecule has 68 valence electrons. The first-order chi connectivity index (χ1) is 5.72. The van der Waals surface area contributed by atoms with Gasteiger partial charge in [0.1, 0.15) is 0 Å². The number of hydrogen-bond donors (Lipinski definition) is 0. The molecule has 0 N–H and O–H groups in total. The van der Waals surface area contributed by atoms with E-state index in [1.54, 1.807) is 5.57 Å². The maximum absolute atomic E-state index is 5.45. The highest BCUT2D eigenvalue weighted by atomic mass is 28.3. The van der Waals surface area contributed by atoms with Gasteiger partial charge >= 0.3 is 0 Å². The molecule has 12 heavy (non-hydrogen) atoms. The first kappa shape index (κ1) is 8.51. The number of hydrogen-bond acceptors (Lipinski definition) is 1. The number of fused-ring (bicyclic) bond motifs is 2. The van der Waals surface area contributed by atoms with E-state index in [1.807, 2.05) is 12.3 Å². The quantitative estimate of drug-likeness (QED) is 0.595. The molecule has 2 rings (SSSR count). The molecule has 2 aliphatic carbocycles. The summed E-state index contributed by atoms with van der Waals surface area (Å²) < 4.78 is 5.45. The van der Waals surface area contributed by atoms with E-state index in [4.69, 9.17) is 4.74 Å². The van der Waals surface area contributed by atoms with Gasteiger partial charge in [-0.1, -0.05) is 23.9 Å². The molecular formula is C10H18OSi. The molecule has 0 heterocycles. The third kappa shape index (κ3) is 1.17. The van der Waals surface area contributed by atoms with Gasteiger partial charge in [-0.25, -0.2) is 0 Å². The van der Waals surface area contributed by atoms with Gasteiger partial charge in [0.05, 0.1) is 14.9 Å². The van der Waals surface area contributed by atoms with Gasteiger partial charge in [0, 0.05) is 7.11 Å². The smallest absolute Gasteiger partial charge is 0.0642 e. The topological polar surface area (TPSA) is 9.23 Å². The van der Waals surface area contributed by atoms with Crippen LogP contribution in [0, 0.1) is 5.92 Å². The van der Waals surface area contributed by atoms with Crippen molar-refractivity contribution in [3.05, 3.63) is 10.8 Å². The highest BCUT2D eigenvalue weighted by molar-refractivity contribution is 6.64. The van der Waals surface area contributed by atoms with Gasteiger partial charge in [-0.15, -0.1) is 0 Å². The Balaban J connectivity index is 2.14. The van der Waals surface area contributed by atoms with Crippen LogP contribution in [0.4, 0.5) is 0 Å². The fourth-order valence-electron chi connectivity index (χ4n) is 2.75. The molecule has 2 atom stereocenters. The van der Waals surface area contributed by atoms with E-state index < -0.39 is 8.80 Å². The Morgan fingerprint density at radius 1 is 1.25 bits per heavy atom. The molecule has 2 heteroatoms. The van der Waals surface area contributed by atoms with Crippen LogP contribution in [-0.4, -0.2) is 22.0 Å². The van der Waals surface area contributed by atoms with Gasteiger partial charge in [-0.2, -0.15) is 0 Å².